The molecule has 1 aliphatic carbocycles. The van der Waals surface area contributed by atoms with Gasteiger partial charge in [-0.15, -0.1) is 35.3 Å². The van der Waals surface area contributed by atoms with Gasteiger partial charge in [-0.05, 0) is 30.4 Å². The van der Waals surface area contributed by atoms with Crippen molar-refractivity contribution in [2.24, 2.45) is 4.99 Å². The second-order valence-electron chi connectivity index (χ2n) is 5.07. The highest BCUT2D eigenvalue weighted by Crippen LogP contribution is 2.29. The molecule has 1 heterocycles. The van der Waals surface area contributed by atoms with Crippen LogP contribution >= 0.6 is 35.3 Å². The van der Waals surface area contributed by atoms with E-state index < -0.39 is 6.10 Å². The first-order chi connectivity index (χ1) is 9.76. The van der Waals surface area contributed by atoms with Crippen molar-refractivity contribution in [2.45, 2.75) is 25.0 Å². The first-order valence-corrected chi connectivity index (χ1v) is 7.71. The summed E-state index contributed by atoms with van der Waals surface area (Å²) >= 11 is 1.64. The molecule has 3 rings (SSSR count). The lowest BCUT2D eigenvalue weighted by Crippen LogP contribution is -2.40. The van der Waals surface area contributed by atoms with Gasteiger partial charge in [-0.1, -0.05) is 18.2 Å². The van der Waals surface area contributed by atoms with Gasteiger partial charge in [-0.25, -0.2) is 0 Å². The molecular formula is C15H20IN3OS. The first-order valence-electron chi connectivity index (χ1n) is 6.90. The van der Waals surface area contributed by atoms with Gasteiger partial charge in [0.25, 0.3) is 0 Å². The zero-order valence-corrected chi connectivity index (χ0v) is 15.0. The van der Waals surface area contributed by atoms with Crippen molar-refractivity contribution in [3.63, 3.8) is 0 Å². The van der Waals surface area contributed by atoms with E-state index in [0.717, 1.165) is 10.8 Å². The zero-order valence-electron chi connectivity index (χ0n) is 11.9. The number of benzene rings is 1. The lowest BCUT2D eigenvalue weighted by molar-refractivity contribution is 0.184. The van der Waals surface area contributed by atoms with Gasteiger partial charge in [-0.2, -0.15) is 0 Å². The molecule has 2 aromatic rings. The molecule has 1 aromatic carbocycles. The maximum atomic E-state index is 10.3. The summed E-state index contributed by atoms with van der Waals surface area (Å²) in [5, 5.41) is 18.0. The maximum Gasteiger partial charge on any atom is 0.191 e. The van der Waals surface area contributed by atoms with Gasteiger partial charge in [0.15, 0.2) is 5.96 Å². The predicted octanol–water partition coefficient (Wildman–Crippen LogP) is 2.88. The second-order valence-corrected chi connectivity index (χ2v) is 6.19. The molecule has 0 amide bonds. The van der Waals surface area contributed by atoms with Crippen LogP contribution in [0.1, 0.15) is 23.8 Å². The number of nitrogens with one attached hydrogen (secondary N) is 2. The molecule has 1 atom stereocenters. The van der Waals surface area contributed by atoms with Crippen molar-refractivity contribution in [3.8, 4) is 0 Å². The molecular weight excluding hydrogens is 397 g/mol. The number of hydrogen-bond acceptors (Lipinski definition) is 3. The Morgan fingerprint density at radius 3 is 2.86 bits per heavy atom. The number of aliphatic imine (C=N–C) groups is 1. The van der Waals surface area contributed by atoms with Crippen molar-refractivity contribution in [3.05, 3.63) is 35.2 Å². The summed E-state index contributed by atoms with van der Waals surface area (Å²) in [5.41, 5.74) is 0. The average Bonchev–Trinajstić information content (AvgIpc) is 3.18. The fourth-order valence-electron chi connectivity index (χ4n) is 2.08. The normalized spacial score (nSPS) is 16.4. The van der Waals surface area contributed by atoms with E-state index in [-0.39, 0.29) is 24.0 Å². The molecule has 0 bridgehead atoms. The van der Waals surface area contributed by atoms with Crippen LogP contribution in [0.5, 0.6) is 0 Å². The van der Waals surface area contributed by atoms with E-state index in [1.165, 1.54) is 22.9 Å². The average molecular weight is 417 g/mol. The van der Waals surface area contributed by atoms with Crippen LogP contribution in [-0.2, 0) is 0 Å². The Bertz CT molecular complexity index is 591. The summed E-state index contributed by atoms with van der Waals surface area (Å²) in [5.74, 6) is 0.771. The molecule has 0 radical (unpaired) electrons. The minimum Gasteiger partial charge on any atom is -0.386 e. The van der Waals surface area contributed by atoms with Crippen LogP contribution in [0.2, 0.25) is 0 Å². The molecule has 21 heavy (non-hydrogen) atoms. The second kappa shape index (κ2) is 7.42. The van der Waals surface area contributed by atoms with Crippen LogP contribution in [0.4, 0.5) is 0 Å². The molecule has 4 nitrogen and oxygen atoms in total. The summed E-state index contributed by atoms with van der Waals surface area (Å²) in [4.78, 5) is 5.15. The third-order valence-electron chi connectivity index (χ3n) is 3.38. The molecule has 3 N–H and O–H groups in total. The molecule has 1 aromatic heterocycles. The van der Waals surface area contributed by atoms with Crippen LogP contribution in [0.25, 0.3) is 10.1 Å². The van der Waals surface area contributed by atoms with E-state index in [1.807, 2.05) is 12.1 Å². The quantitative estimate of drug-likeness (QED) is 0.408. The minimum atomic E-state index is -0.509. The van der Waals surface area contributed by atoms with Crippen LogP contribution in [0, 0.1) is 0 Å². The van der Waals surface area contributed by atoms with E-state index in [1.54, 1.807) is 18.4 Å². The van der Waals surface area contributed by atoms with E-state index in [2.05, 4.69) is 33.8 Å². The molecule has 114 valence electrons. The summed E-state index contributed by atoms with van der Waals surface area (Å²) in [7, 11) is 1.75. The fraction of sp³-hybridized carbons (Fsp3) is 0.400. The Labute approximate surface area is 145 Å². The van der Waals surface area contributed by atoms with E-state index in [9.17, 15) is 5.11 Å². The zero-order chi connectivity index (χ0) is 13.9. The minimum absolute atomic E-state index is 0. The number of thiophene rings is 1. The number of fused-ring (bicyclic) bond motifs is 1. The van der Waals surface area contributed by atoms with Gasteiger partial charge in [0.2, 0.25) is 0 Å². The number of guanidine groups is 1. The molecule has 1 fully saturated rings. The Morgan fingerprint density at radius 1 is 1.43 bits per heavy atom. The predicted molar refractivity (Wildman–Crippen MR) is 99.7 cm³/mol. The van der Waals surface area contributed by atoms with E-state index >= 15 is 0 Å². The number of rotatable bonds is 4. The lowest BCUT2D eigenvalue weighted by Gasteiger charge is -2.14. The largest absolute Gasteiger partial charge is 0.386 e. The molecule has 0 spiro atoms. The third kappa shape index (κ3) is 4.31. The van der Waals surface area contributed by atoms with Gasteiger partial charge >= 0.3 is 0 Å². The van der Waals surface area contributed by atoms with Gasteiger partial charge in [0.05, 0.1) is 0 Å². The number of aliphatic hydroxyl groups is 1. The van der Waals surface area contributed by atoms with Crippen LogP contribution in [0.3, 0.4) is 0 Å². The van der Waals surface area contributed by atoms with Crippen LogP contribution in [0.15, 0.2) is 35.3 Å². The Balaban J connectivity index is 0.00000161. The summed E-state index contributed by atoms with van der Waals surface area (Å²) in [6.07, 6.45) is 1.91. The van der Waals surface area contributed by atoms with Crippen molar-refractivity contribution in [2.75, 3.05) is 13.6 Å². The van der Waals surface area contributed by atoms with Gasteiger partial charge in [0.1, 0.15) is 6.10 Å². The maximum absolute atomic E-state index is 10.3. The standard InChI is InChI=1S/C15H19N3OS.HI/c1-16-15(18-11-6-7-11)17-9-12(19)14-8-10-4-2-3-5-13(10)20-14;/h2-5,8,11-12,19H,6-7,9H2,1H3,(H2,16,17,18);1H. The molecule has 0 aliphatic heterocycles. The molecule has 1 saturated carbocycles. The molecule has 0 saturated heterocycles. The number of aliphatic hydroxyl groups excluding tert-OH is 1. The van der Waals surface area contributed by atoms with Crippen LogP contribution < -0.4 is 10.6 Å². The Morgan fingerprint density at radius 2 is 2.19 bits per heavy atom. The third-order valence-corrected chi connectivity index (χ3v) is 4.59. The highest BCUT2D eigenvalue weighted by atomic mass is 127. The van der Waals surface area contributed by atoms with E-state index in [4.69, 9.17) is 0 Å². The molecule has 1 unspecified atom stereocenters. The highest BCUT2D eigenvalue weighted by Gasteiger charge is 2.22. The first kappa shape index (κ1) is 16.5. The van der Waals surface area contributed by atoms with Crippen molar-refractivity contribution >= 4 is 51.4 Å². The topological polar surface area (TPSA) is 56.7 Å². The summed E-state index contributed by atoms with van der Waals surface area (Å²) in [6.45, 7) is 0.471. The van der Waals surface area contributed by atoms with Crippen LogP contribution in [-0.4, -0.2) is 30.7 Å². The monoisotopic (exact) mass is 417 g/mol. The van der Waals surface area contributed by atoms with Gasteiger partial charge in [-0.3, -0.25) is 4.99 Å². The van der Waals surface area contributed by atoms with Crippen molar-refractivity contribution in [1.29, 1.82) is 0 Å². The summed E-state index contributed by atoms with van der Waals surface area (Å²) < 4.78 is 1.21. The number of halogens is 1. The van der Waals surface area contributed by atoms with E-state index in [0.29, 0.717) is 12.6 Å². The number of nitrogens with zero attached hydrogens (tertiary/aromatic N) is 1. The van der Waals surface area contributed by atoms with Crippen molar-refractivity contribution in [1.82, 2.24) is 10.6 Å². The Kier molecular flexibility index (Phi) is 5.83. The highest BCUT2D eigenvalue weighted by molar-refractivity contribution is 14.0. The molecule has 1 aliphatic rings. The number of hydrogen-bond donors (Lipinski definition) is 3. The van der Waals surface area contributed by atoms with Crippen molar-refractivity contribution < 1.29 is 5.11 Å². The molecule has 6 heteroatoms. The fourth-order valence-corrected chi connectivity index (χ4v) is 3.13. The van der Waals surface area contributed by atoms with Gasteiger partial charge in [0, 0.05) is 29.2 Å². The lowest BCUT2D eigenvalue weighted by atomic mass is 10.2. The Hall–Kier alpha value is -0.860. The smallest absolute Gasteiger partial charge is 0.191 e. The summed E-state index contributed by atoms with van der Waals surface area (Å²) in [6, 6.07) is 10.8. The SMILES string of the molecule is CN=C(NCC(O)c1cc2ccccc2s1)NC1CC1.I. The van der Waals surface area contributed by atoms with Gasteiger partial charge < -0.3 is 15.7 Å².